The predicted octanol–water partition coefficient (Wildman–Crippen LogP) is -1.29. The third-order valence-electron chi connectivity index (χ3n) is 0. The van der Waals surface area contributed by atoms with Crippen LogP contribution in [0.2, 0.25) is 0 Å². The molecule has 40 valence electrons. The number of carbonyl (C=O) groups is 1. The van der Waals surface area contributed by atoms with Crippen LogP contribution >= 0.6 is 0 Å². The summed E-state index contributed by atoms with van der Waals surface area (Å²) in [5.74, 6) is 0. The van der Waals surface area contributed by atoms with Crippen LogP contribution in [0.3, 0.4) is 0 Å². The minimum Gasteiger partial charge on any atom is -0.870 e. The summed E-state index contributed by atoms with van der Waals surface area (Å²) in [6, 6.07) is 0. The Hall–Kier alpha value is -0.0438. The Morgan fingerprint density at radius 3 is 1.57 bits per heavy atom. The average Bonchev–Trinajstić information content (AvgIpc) is 0.811. The first-order valence-electron chi connectivity index (χ1n) is 0.632. The second-order valence-electron chi connectivity index (χ2n) is 0.266. The van der Waals surface area contributed by atoms with Crippen LogP contribution in [0, 0.1) is 0 Å². The van der Waals surface area contributed by atoms with Crippen molar-refractivity contribution in [2.75, 3.05) is 0 Å². The molecule has 0 amide bonds. The van der Waals surface area contributed by atoms with E-state index in [4.69, 9.17) is 15.0 Å². The molecule has 0 saturated carbocycles. The van der Waals surface area contributed by atoms with Crippen molar-refractivity contribution in [3.8, 4) is 0 Å². The van der Waals surface area contributed by atoms with Crippen LogP contribution in [0.1, 0.15) is 0 Å². The zero-order valence-electron chi connectivity index (χ0n) is 3.92. The molecule has 0 saturated heterocycles. The normalized spacial score (nSPS) is 3.43. The number of hydrogen-bond donors (Lipinski definition) is 2. The maximum absolute atomic E-state index is 8.44. The largest absolute Gasteiger partial charge is 2.00 e. The maximum atomic E-state index is 8.44. The molecule has 0 aliphatic carbocycles. The molecule has 0 fully saturated rings. The fraction of sp³-hybridized carbons (Fsp3) is 0. The van der Waals surface area contributed by atoms with Crippen LogP contribution in [-0.4, -0.2) is 39.8 Å². The van der Waals surface area contributed by atoms with Crippen molar-refractivity contribution < 1.29 is 20.5 Å². The molecule has 0 atom stereocenters. The Morgan fingerprint density at radius 2 is 1.57 bits per heavy atom. The topological polar surface area (TPSA) is 127 Å². The number of rotatable bonds is 0. The van der Waals surface area contributed by atoms with E-state index in [1.54, 1.807) is 0 Å². The van der Waals surface area contributed by atoms with Gasteiger partial charge in [0.2, 0.25) is 6.16 Å². The Kier molecular flexibility index (Phi) is 67.5. The molecule has 0 aromatic carbocycles. The molecular weight excluding hydrogens is 114 g/mol. The van der Waals surface area contributed by atoms with Crippen LogP contribution in [0.5, 0.6) is 0 Å². The summed E-state index contributed by atoms with van der Waals surface area (Å²) >= 11 is 0. The monoisotopic (exact) mass is 120 g/mol. The molecule has 0 heterocycles. The van der Waals surface area contributed by atoms with Gasteiger partial charge in [-0.1, -0.05) is 0 Å². The van der Waals surface area contributed by atoms with Crippen LogP contribution in [0.15, 0.2) is 0 Å². The van der Waals surface area contributed by atoms with Crippen LogP contribution < -0.4 is 11.3 Å². The van der Waals surface area contributed by atoms with Crippen molar-refractivity contribution in [2.45, 2.75) is 0 Å². The smallest absolute Gasteiger partial charge is 0.870 e. The van der Waals surface area contributed by atoms with Gasteiger partial charge in [0, 0.05) is 0 Å². The Bertz CT molecular complexity index is 34.7. The minimum absolute atomic E-state index is 0. The Morgan fingerprint density at radius 1 is 1.57 bits per heavy atom. The summed E-state index contributed by atoms with van der Waals surface area (Å²) in [4.78, 5) is 8.44. The van der Waals surface area contributed by atoms with Gasteiger partial charge < -0.3 is 26.6 Å². The summed E-state index contributed by atoms with van der Waals surface area (Å²) in [7, 11) is 0. The molecule has 6 heteroatoms. The standard InChI is InChI=1S/CH2O3.Mg.H3N.H2O/c2-1(3)4;;;/h(H2,2,3,4);;1H3;1H2/q;+2;;/p-1. The van der Waals surface area contributed by atoms with E-state index in [9.17, 15) is 0 Å². The summed E-state index contributed by atoms with van der Waals surface area (Å²) in [6.07, 6.45) is -2.08. The molecule has 0 aromatic heterocycles. The van der Waals surface area contributed by atoms with Gasteiger partial charge in [-0.2, -0.15) is 0 Å². The molecule has 6 N–H and O–H groups in total. The summed E-state index contributed by atoms with van der Waals surface area (Å²) < 4.78 is 0. The van der Waals surface area contributed by atoms with Crippen molar-refractivity contribution in [1.29, 1.82) is 0 Å². The second kappa shape index (κ2) is 16.7. The van der Waals surface area contributed by atoms with Crippen molar-refractivity contribution in [2.24, 2.45) is 0 Å². The molecule has 0 radical (unpaired) electrons. The van der Waals surface area contributed by atoms with Gasteiger partial charge in [0.25, 0.3) is 0 Å². The fourth-order valence-corrected chi connectivity index (χ4v) is 0. The first-order chi connectivity index (χ1) is 1.73. The van der Waals surface area contributed by atoms with E-state index in [0.717, 1.165) is 0 Å². The van der Waals surface area contributed by atoms with Crippen LogP contribution in [0.4, 0.5) is 4.79 Å². The van der Waals surface area contributed by atoms with Gasteiger partial charge in [-0.05, 0) is 0 Å². The summed E-state index contributed by atoms with van der Waals surface area (Å²) in [5.41, 5.74) is 0. The first-order valence-corrected chi connectivity index (χ1v) is 0.632. The quantitative estimate of drug-likeness (QED) is 0.385. The van der Waals surface area contributed by atoms with Crippen molar-refractivity contribution in [1.82, 2.24) is 6.15 Å². The molecule has 0 rings (SSSR count). The van der Waals surface area contributed by atoms with Gasteiger partial charge in [0.05, 0.1) is 0 Å². The summed E-state index contributed by atoms with van der Waals surface area (Å²) in [5, 5.41) is 15.3. The SMILES string of the molecule is O=C([O-])O.[Mg+2].[NH4+].[OH-]. The third-order valence-corrected chi connectivity index (χ3v) is 0. The molecule has 5 nitrogen and oxygen atoms in total. The second-order valence-corrected chi connectivity index (χ2v) is 0.266. The van der Waals surface area contributed by atoms with Gasteiger partial charge in [-0.15, -0.1) is 0 Å². The van der Waals surface area contributed by atoms with Gasteiger partial charge in [-0.25, -0.2) is 0 Å². The van der Waals surface area contributed by atoms with E-state index in [0.29, 0.717) is 0 Å². The first kappa shape index (κ1) is 28.2. The molecule has 0 spiro atoms. The van der Waals surface area contributed by atoms with Crippen LogP contribution in [0.25, 0.3) is 0 Å². The molecule has 7 heavy (non-hydrogen) atoms. The zero-order valence-corrected chi connectivity index (χ0v) is 5.33. The molecule has 0 unspecified atom stereocenters. The van der Waals surface area contributed by atoms with Crippen molar-refractivity contribution in [3.63, 3.8) is 0 Å². The maximum Gasteiger partial charge on any atom is 2.00 e. The average molecular weight is 120 g/mol. The van der Waals surface area contributed by atoms with E-state index in [-0.39, 0.29) is 34.7 Å². The van der Waals surface area contributed by atoms with Gasteiger partial charge in [0.1, 0.15) is 0 Å². The Labute approximate surface area is 56.4 Å². The molecule has 0 aliphatic rings. The van der Waals surface area contributed by atoms with Crippen molar-refractivity contribution >= 4 is 29.2 Å². The predicted molar refractivity (Wildman–Crippen MR) is 21.7 cm³/mol. The van der Waals surface area contributed by atoms with E-state index in [2.05, 4.69) is 0 Å². The van der Waals surface area contributed by atoms with E-state index in [1.165, 1.54) is 0 Å². The zero-order chi connectivity index (χ0) is 3.58. The molecular formula is CH6MgNO4+. The van der Waals surface area contributed by atoms with E-state index < -0.39 is 6.16 Å². The van der Waals surface area contributed by atoms with Gasteiger partial charge in [0.15, 0.2) is 0 Å². The van der Waals surface area contributed by atoms with Crippen molar-refractivity contribution in [3.05, 3.63) is 0 Å². The van der Waals surface area contributed by atoms with Gasteiger partial charge in [-0.3, -0.25) is 0 Å². The molecule has 0 aliphatic heterocycles. The Balaban J connectivity index is -0.0000000150. The third kappa shape index (κ3) is 48700. The van der Waals surface area contributed by atoms with E-state index in [1.807, 2.05) is 0 Å². The van der Waals surface area contributed by atoms with Gasteiger partial charge >= 0.3 is 23.1 Å². The minimum atomic E-state index is -2.08. The molecule has 0 bridgehead atoms. The fourth-order valence-electron chi connectivity index (χ4n) is 0. The van der Waals surface area contributed by atoms with E-state index >= 15 is 0 Å². The number of hydrogen-bond acceptors (Lipinski definition) is 3. The van der Waals surface area contributed by atoms with Crippen LogP contribution in [-0.2, 0) is 0 Å². The number of quaternary nitrogens is 1. The summed E-state index contributed by atoms with van der Waals surface area (Å²) in [6.45, 7) is 0. The number of carboxylic acid groups (broad SMARTS) is 2. The molecule has 0 aromatic rings.